The van der Waals surface area contributed by atoms with Crippen molar-refractivity contribution in [3.8, 4) is 5.75 Å². The molecule has 2 heterocycles. The second kappa shape index (κ2) is 9.65. The number of anilines is 1. The molecule has 1 unspecified atom stereocenters. The largest absolute Gasteiger partial charge is 0.492 e. The van der Waals surface area contributed by atoms with Crippen LogP contribution in [0.5, 0.6) is 5.75 Å². The Morgan fingerprint density at radius 3 is 2.35 bits per heavy atom. The summed E-state index contributed by atoms with van der Waals surface area (Å²) >= 11 is 18.4. The van der Waals surface area contributed by atoms with E-state index in [1.165, 1.54) is 11.6 Å². The van der Waals surface area contributed by atoms with Crippen LogP contribution >= 0.6 is 34.8 Å². The number of aromatic nitrogens is 2. The van der Waals surface area contributed by atoms with Crippen LogP contribution in [0.4, 0.5) is 18.9 Å². The third kappa shape index (κ3) is 5.02. The predicted octanol–water partition coefficient (Wildman–Crippen LogP) is 6.02. The molecule has 31 heavy (non-hydrogen) atoms. The molecule has 1 N–H and O–H groups in total. The average molecular weight is 501 g/mol. The van der Waals surface area contributed by atoms with Crippen molar-refractivity contribution in [2.45, 2.75) is 38.9 Å². The van der Waals surface area contributed by atoms with Gasteiger partial charge in [-0.05, 0) is 38.7 Å². The van der Waals surface area contributed by atoms with Gasteiger partial charge in [0.1, 0.15) is 5.75 Å². The fraction of sp³-hybridized carbons (Fsp3) is 0.550. The van der Waals surface area contributed by atoms with Crippen molar-refractivity contribution in [3.63, 3.8) is 0 Å². The Bertz CT molecular complexity index is 929. The maximum Gasteiger partial charge on any atom is 0.436 e. The Balaban J connectivity index is 1.78. The molecule has 2 aromatic rings. The van der Waals surface area contributed by atoms with E-state index in [9.17, 15) is 18.3 Å². The molecular weight excluding hydrogens is 478 g/mol. The van der Waals surface area contributed by atoms with Crippen LogP contribution in [-0.2, 0) is 6.18 Å². The Morgan fingerprint density at radius 2 is 1.84 bits per heavy atom. The van der Waals surface area contributed by atoms with E-state index in [4.69, 9.17) is 39.5 Å². The van der Waals surface area contributed by atoms with Crippen molar-refractivity contribution in [3.05, 3.63) is 38.6 Å². The molecule has 1 aromatic carbocycles. The number of aliphatic hydroxyl groups is 1. The van der Waals surface area contributed by atoms with Gasteiger partial charge in [-0.15, -0.1) is 0 Å². The number of halogens is 6. The number of rotatable bonds is 6. The van der Waals surface area contributed by atoms with E-state index in [1.807, 2.05) is 6.92 Å². The maximum absolute atomic E-state index is 13.2. The molecular formula is C20H23Cl3F3N3O2. The minimum atomic E-state index is -4.65. The van der Waals surface area contributed by atoms with Gasteiger partial charge in [-0.1, -0.05) is 34.8 Å². The molecule has 0 spiro atoms. The highest BCUT2D eigenvalue weighted by atomic mass is 35.5. The molecule has 172 valence electrons. The third-order valence-electron chi connectivity index (χ3n) is 5.57. The van der Waals surface area contributed by atoms with Crippen LogP contribution in [0.25, 0.3) is 0 Å². The molecule has 1 aromatic heterocycles. The summed E-state index contributed by atoms with van der Waals surface area (Å²) in [6, 6.07) is 2.83. The zero-order valence-corrected chi connectivity index (χ0v) is 19.3. The summed E-state index contributed by atoms with van der Waals surface area (Å²) in [7, 11) is 0. The van der Waals surface area contributed by atoms with E-state index in [0.29, 0.717) is 48.3 Å². The van der Waals surface area contributed by atoms with Gasteiger partial charge in [0.25, 0.3) is 0 Å². The number of hydrogen-bond donors (Lipinski definition) is 1. The van der Waals surface area contributed by atoms with E-state index in [-0.39, 0.29) is 18.2 Å². The van der Waals surface area contributed by atoms with Crippen molar-refractivity contribution in [2.24, 2.45) is 5.92 Å². The van der Waals surface area contributed by atoms with E-state index >= 15 is 0 Å². The molecule has 1 fully saturated rings. The first kappa shape index (κ1) is 24.3. The zero-order chi connectivity index (χ0) is 22.9. The van der Waals surface area contributed by atoms with Crippen LogP contribution in [0.2, 0.25) is 15.1 Å². The van der Waals surface area contributed by atoms with E-state index in [0.717, 1.165) is 5.69 Å². The molecule has 0 radical (unpaired) electrons. The smallest absolute Gasteiger partial charge is 0.436 e. The number of alkyl halides is 3. The summed E-state index contributed by atoms with van der Waals surface area (Å²) in [5, 5.41) is 14.1. The Labute approximate surface area is 193 Å². The molecule has 11 heteroatoms. The number of hydrogen-bond acceptors (Lipinski definition) is 4. The van der Waals surface area contributed by atoms with E-state index in [1.54, 1.807) is 12.1 Å². The monoisotopic (exact) mass is 499 g/mol. The van der Waals surface area contributed by atoms with Crippen molar-refractivity contribution >= 4 is 40.5 Å². The molecule has 1 aliphatic rings. The van der Waals surface area contributed by atoms with Gasteiger partial charge in [-0.2, -0.15) is 18.3 Å². The van der Waals surface area contributed by atoms with Crippen molar-refractivity contribution in [2.75, 3.05) is 31.2 Å². The van der Waals surface area contributed by atoms with Gasteiger partial charge in [-0.25, -0.2) is 0 Å². The molecule has 0 amide bonds. The lowest BCUT2D eigenvalue weighted by Crippen LogP contribution is -2.38. The molecule has 1 saturated heterocycles. The minimum Gasteiger partial charge on any atom is -0.492 e. The summed E-state index contributed by atoms with van der Waals surface area (Å²) in [6.45, 7) is 4.68. The standard InChI is InChI=1S/C20H23Cl3F3N3O2/c1-3-31-17-9-15(13(21)8-14(17)22)28-6-4-12(5-7-28)16(10-30)29-11(2)18(23)19(27-29)20(24,25)26/h8-9,12,16,30H,3-7,10H2,1-2H3. The summed E-state index contributed by atoms with van der Waals surface area (Å²) < 4.78 is 46.3. The van der Waals surface area contributed by atoms with E-state index in [2.05, 4.69) is 10.00 Å². The number of piperidine rings is 1. The van der Waals surface area contributed by atoms with Crippen LogP contribution in [0.15, 0.2) is 12.1 Å². The zero-order valence-electron chi connectivity index (χ0n) is 17.0. The lowest BCUT2D eigenvalue weighted by molar-refractivity contribution is -0.141. The van der Waals surface area contributed by atoms with Gasteiger partial charge in [0.15, 0.2) is 5.69 Å². The Kier molecular flexibility index (Phi) is 7.56. The van der Waals surface area contributed by atoms with Crippen LogP contribution in [0.1, 0.15) is 37.2 Å². The van der Waals surface area contributed by atoms with Gasteiger partial charge in [0.2, 0.25) is 0 Å². The fourth-order valence-electron chi connectivity index (χ4n) is 3.98. The SMILES string of the molecule is CCOc1cc(N2CCC(C(CO)n3nc(C(F)(F)F)c(Cl)c3C)CC2)c(Cl)cc1Cl. The summed E-state index contributed by atoms with van der Waals surface area (Å²) in [4.78, 5) is 2.08. The molecule has 0 saturated carbocycles. The topological polar surface area (TPSA) is 50.5 Å². The number of benzene rings is 1. The van der Waals surface area contributed by atoms with Crippen molar-refractivity contribution in [1.82, 2.24) is 9.78 Å². The lowest BCUT2D eigenvalue weighted by Gasteiger charge is -2.37. The first-order valence-electron chi connectivity index (χ1n) is 9.87. The predicted molar refractivity (Wildman–Crippen MR) is 116 cm³/mol. The third-order valence-corrected chi connectivity index (χ3v) is 6.62. The molecule has 0 aliphatic carbocycles. The fourth-order valence-corrected chi connectivity index (χ4v) is 4.77. The van der Waals surface area contributed by atoms with Crippen molar-refractivity contribution in [1.29, 1.82) is 0 Å². The van der Waals surface area contributed by atoms with Gasteiger partial charge in [0.05, 0.1) is 45.7 Å². The summed E-state index contributed by atoms with van der Waals surface area (Å²) in [5.74, 6) is 0.467. The first-order valence-corrected chi connectivity index (χ1v) is 11.0. The molecule has 5 nitrogen and oxygen atoms in total. The van der Waals surface area contributed by atoms with Crippen LogP contribution in [0, 0.1) is 12.8 Å². The van der Waals surface area contributed by atoms with Gasteiger partial charge < -0.3 is 14.7 Å². The number of nitrogens with zero attached hydrogens (tertiary/aromatic N) is 3. The van der Waals surface area contributed by atoms with Gasteiger partial charge >= 0.3 is 6.18 Å². The average Bonchev–Trinajstić information content (AvgIpc) is 3.01. The van der Waals surface area contributed by atoms with E-state index < -0.39 is 22.9 Å². The summed E-state index contributed by atoms with van der Waals surface area (Å²) in [5.41, 5.74) is -0.150. The molecule has 3 rings (SSSR count). The van der Waals surface area contributed by atoms with Crippen LogP contribution in [0.3, 0.4) is 0 Å². The Hall–Kier alpha value is -1.35. The first-order chi connectivity index (χ1) is 14.6. The highest BCUT2D eigenvalue weighted by Gasteiger charge is 2.40. The Morgan fingerprint density at radius 1 is 1.19 bits per heavy atom. The number of aliphatic hydroxyl groups excluding tert-OH is 1. The normalized spacial score (nSPS) is 16.6. The highest BCUT2D eigenvalue weighted by Crippen LogP contribution is 2.41. The molecule has 1 aliphatic heterocycles. The number of ether oxygens (including phenoxy) is 1. The highest BCUT2D eigenvalue weighted by molar-refractivity contribution is 6.37. The quantitative estimate of drug-likeness (QED) is 0.527. The van der Waals surface area contributed by atoms with Gasteiger partial charge in [0, 0.05) is 19.2 Å². The summed E-state index contributed by atoms with van der Waals surface area (Å²) in [6.07, 6.45) is -3.39. The second-order valence-electron chi connectivity index (χ2n) is 7.43. The second-order valence-corrected chi connectivity index (χ2v) is 8.62. The molecule has 0 bridgehead atoms. The maximum atomic E-state index is 13.2. The minimum absolute atomic E-state index is 0.0746. The molecule has 1 atom stereocenters. The van der Waals surface area contributed by atoms with Crippen molar-refractivity contribution < 1.29 is 23.0 Å². The van der Waals surface area contributed by atoms with Gasteiger partial charge in [-0.3, -0.25) is 4.68 Å². The lowest BCUT2D eigenvalue weighted by atomic mass is 9.89. The van der Waals surface area contributed by atoms with Crippen LogP contribution < -0.4 is 9.64 Å². The van der Waals surface area contributed by atoms with Crippen LogP contribution in [-0.4, -0.2) is 41.2 Å².